The standard InChI is InChI=1S/C19H23N5/c1-13-5-6-16-17(10-13)23-19(22-16)15-4-3-9-24(12-15)14(2)18-11-20-7-8-21-18/h5-8,10-11,14-15H,3-4,9,12H2,1-2H3,(H,22,23). The van der Waals surface area contributed by atoms with Gasteiger partial charge in [-0.15, -0.1) is 0 Å². The van der Waals surface area contributed by atoms with Crippen LogP contribution in [0.3, 0.4) is 0 Å². The second-order valence-corrected chi connectivity index (χ2v) is 6.78. The molecule has 3 heterocycles. The number of likely N-dealkylation sites (tertiary alicyclic amines) is 1. The van der Waals surface area contributed by atoms with Crippen LogP contribution < -0.4 is 0 Å². The number of rotatable bonds is 3. The van der Waals surface area contributed by atoms with E-state index in [1.165, 1.54) is 18.4 Å². The molecule has 0 saturated carbocycles. The molecule has 1 aromatic carbocycles. The number of nitrogens with zero attached hydrogens (tertiary/aromatic N) is 4. The summed E-state index contributed by atoms with van der Waals surface area (Å²) in [5.74, 6) is 1.57. The van der Waals surface area contributed by atoms with E-state index in [2.05, 4.69) is 51.9 Å². The number of hydrogen-bond donors (Lipinski definition) is 1. The van der Waals surface area contributed by atoms with Crippen LogP contribution in [0.4, 0.5) is 0 Å². The smallest absolute Gasteiger partial charge is 0.111 e. The molecule has 1 N–H and O–H groups in total. The molecule has 1 aliphatic rings. The number of aromatic nitrogens is 4. The lowest BCUT2D eigenvalue weighted by molar-refractivity contribution is 0.153. The van der Waals surface area contributed by atoms with Crippen LogP contribution in [0.1, 0.15) is 48.8 Å². The number of nitrogens with one attached hydrogen (secondary N) is 1. The van der Waals surface area contributed by atoms with Crippen LogP contribution in [0.5, 0.6) is 0 Å². The van der Waals surface area contributed by atoms with Crippen LogP contribution >= 0.6 is 0 Å². The van der Waals surface area contributed by atoms with Gasteiger partial charge in [0.05, 0.1) is 22.8 Å². The van der Waals surface area contributed by atoms with Crippen LogP contribution in [0, 0.1) is 6.92 Å². The maximum atomic E-state index is 4.83. The highest BCUT2D eigenvalue weighted by Crippen LogP contribution is 2.31. The minimum absolute atomic E-state index is 0.285. The Hall–Kier alpha value is -2.27. The number of fused-ring (bicyclic) bond motifs is 1. The fourth-order valence-electron chi connectivity index (χ4n) is 3.63. The first-order chi connectivity index (χ1) is 11.7. The average Bonchev–Trinajstić information content (AvgIpc) is 3.05. The molecule has 0 bridgehead atoms. The summed E-state index contributed by atoms with van der Waals surface area (Å²) in [4.78, 5) is 19.5. The van der Waals surface area contributed by atoms with Crippen molar-refractivity contribution in [3.63, 3.8) is 0 Å². The topological polar surface area (TPSA) is 57.7 Å². The molecular weight excluding hydrogens is 298 g/mol. The van der Waals surface area contributed by atoms with E-state index >= 15 is 0 Å². The molecule has 0 amide bonds. The molecule has 2 atom stereocenters. The Labute approximate surface area is 142 Å². The summed E-state index contributed by atoms with van der Waals surface area (Å²) in [5, 5.41) is 0. The van der Waals surface area contributed by atoms with Crippen molar-refractivity contribution in [3.8, 4) is 0 Å². The fraction of sp³-hybridized carbons (Fsp3) is 0.421. The number of benzene rings is 1. The van der Waals surface area contributed by atoms with E-state index in [4.69, 9.17) is 4.98 Å². The number of imidazole rings is 1. The Bertz CT molecular complexity index is 826. The first-order valence-electron chi connectivity index (χ1n) is 8.67. The molecule has 24 heavy (non-hydrogen) atoms. The lowest BCUT2D eigenvalue weighted by Gasteiger charge is -2.35. The quantitative estimate of drug-likeness (QED) is 0.801. The van der Waals surface area contributed by atoms with Crippen LogP contribution in [-0.2, 0) is 0 Å². The molecule has 3 aromatic rings. The highest BCUT2D eigenvalue weighted by atomic mass is 15.2. The third-order valence-electron chi connectivity index (χ3n) is 5.05. The van der Waals surface area contributed by atoms with Crippen molar-refractivity contribution in [3.05, 3.63) is 53.9 Å². The molecule has 5 nitrogen and oxygen atoms in total. The van der Waals surface area contributed by atoms with E-state index in [1.54, 1.807) is 12.4 Å². The lowest BCUT2D eigenvalue weighted by Crippen LogP contribution is -2.37. The number of piperidine rings is 1. The van der Waals surface area contributed by atoms with Crippen molar-refractivity contribution in [1.29, 1.82) is 0 Å². The third kappa shape index (κ3) is 2.91. The number of H-pyrrole nitrogens is 1. The van der Waals surface area contributed by atoms with Crippen molar-refractivity contribution in [1.82, 2.24) is 24.8 Å². The van der Waals surface area contributed by atoms with E-state index in [0.29, 0.717) is 5.92 Å². The van der Waals surface area contributed by atoms with E-state index in [9.17, 15) is 0 Å². The largest absolute Gasteiger partial charge is 0.342 e. The molecule has 0 spiro atoms. The SMILES string of the molecule is Cc1ccc2nc(C3CCCN(C(C)c4cnccn4)C3)[nH]c2c1. The van der Waals surface area contributed by atoms with Gasteiger partial charge >= 0.3 is 0 Å². The number of hydrogen-bond acceptors (Lipinski definition) is 4. The van der Waals surface area contributed by atoms with E-state index in [1.807, 2.05) is 6.20 Å². The van der Waals surface area contributed by atoms with Gasteiger partial charge in [0.15, 0.2) is 0 Å². The second-order valence-electron chi connectivity index (χ2n) is 6.78. The third-order valence-corrected chi connectivity index (χ3v) is 5.05. The van der Waals surface area contributed by atoms with E-state index in [-0.39, 0.29) is 6.04 Å². The van der Waals surface area contributed by atoms with Gasteiger partial charge in [-0.05, 0) is 50.9 Å². The lowest BCUT2D eigenvalue weighted by atomic mass is 9.96. The van der Waals surface area contributed by atoms with Crippen LogP contribution in [0.2, 0.25) is 0 Å². The van der Waals surface area contributed by atoms with Crippen molar-refractivity contribution in [2.45, 2.75) is 38.6 Å². The summed E-state index contributed by atoms with van der Waals surface area (Å²) in [6.45, 7) is 6.45. The van der Waals surface area contributed by atoms with Crippen LogP contribution in [0.15, 0.2) is 36.8 Å². The van der Waals surface area contributed by atoms with E-state index in [0.717, 1.165) is 35.6 Å². The zero-order valence-electron chi connectivity index (χ0n) is 14.2. The summed E-state index contributed by atoms with van der Waals surface area (Å²) in [6.07, 6.45) is 7.74. The maximum absolute atomic E-state index is 4.83. The Morgan fingerprint density at radius 3 is 3.04 bits per heavy atom. The van der Waals surface area contributed by atoms with Crippen molar-refractivity contribution in [2.75, 3.05) is 13.1 Å². The Kier molecular flexibility index (Phi) is 4.02. The summed E-state index contributed by atoms with van der Waals surface area (Å²) in [7, 11) is 0. The number of aromatic amines is 1. The molecule has 1 fully saturated rings. The molecule has 124 valence electrons. The molecule has 2 aromatic heterocycles. The first-order valence-corrected chi connectivity index (χ1v) is 8.67. The van der Waals surface area contributed by atoms with Gasteiger partial charge in [0.25, 0.3) is 0 Å². The van der Waals surface area contributed by atoms with Gasteiger partial charge in [0.2, 0.25) is 0 Å². The Morgan fingerprint density at radius 2 is 2.21 bits per heavy atom. The molecule has 0 radical (unpaired) electrons. The molecule has 0 aliphatic carbocycles. The monoisotopic (exact) mass is 321 g/mol. The Balaban J connectivity index is 1.55. The first kappa shape index (κ1) is 15.3. The van der Waals surface area contributed by atoms with Crippen LogP contribution in [0.25, 0.3) is 11.0 Å². The van der Waals surface area contributed by atoms with Gasteiger partial charge in [0.1, 0.15) is 5.82 Å². The molecule has 1 aliphatic heterocycles. The highest BCUT2D eigenvalue weighted by Gasteiger charge is 2.27. The Morgan fingerprint density at radius 1 is 1.29 bits per heavy atom. The normalized spacial score (nSPS) is 20.3. The van der Waals surface area contributed by atoms with Crippen molar-refractivity contribution < 1.29 is 0 Å². The minimum atomic E-state index is 0.285. The van der Waals surface area contributed by atoms with Gasteiger partial charge in [-0.2, -0.15) is 0 Å². The summed E-state index contributed by atoms with van der Waals surface area (Å²) < 4.78 is 0. The fourth-order valence-corrected chi connectivity index (χ4v) is 3.63. The van der Waals surface area contributed by atoms with Gasteiger partial charge in [-0.1, -0.05) is 6.07 Å². The molecular formula is C19H23N5. The van der Waals surface area contributed by atoms with Gasteiger partial charge < -0.3 is 4.98 Å². The summed E-state index contributed by atoms with van der Waals surface area (Å²) >= 11 is 0. The average molecular weight is 321 g/mol. The van der Waals surface area contributed by atoms with Gasteiger partial charge in [-0.25, -0.2) is 4.98 Å². The predicted octanol–water partition coefficient (Wildman–Crippen LogP) is 3.60. The zero-order valence-corrected chi connectivity index (χ0v) is 14.2. The van der Waals surface area contributed by atoms with Gasteiger partial charge in [-0.3, -0.25) is 14.9 Å². The van der Waals surface area contributed by atoms with Crippen molar-refractivity contribution >= 4 is 11.0 Å². The molecule has 1 saturated heterocycles. The number of aryl methyl sites for hydroxylation is 1. The van der Waals surface area contributed by atoms with Crippen molar-refractivity contribution in [2.24, 2.45) is 0 Å². The zero-order chi connectivity index (χ0) is 16.5. The minimum Gasteiger partial charge on any atom is -0.342 e. The predicted molar refractivity (Wildman–Crippen MR) is 94.8 cm³/mol. The summed E-state index contributed by atoms with van der Waals surface area (Å²) in [5.41, 5.74) is 4.51. The summed E-state index contributed by atoms with van der Waals surface area (Å²) in [6, 6.07) is 6.69. The molecule has 2 unspecified atom stereocenters. The molecule has 4 rings (SSSR count). The van der Waals surface area contributed by atoms with Crippen LogP contribution in [-0.4, -0.2) is 37.9 Å². The maximum Gasteiger partial charge on any atom is 0.111 e. The van der Waals surface area contributed by atoms with Gasteiger partial charge in [0, 0.05) is 31.1 Å². The highest BCUT2D eigenvalue weighted by molar-refractivity contribution is 5.75. The molecule has 5 heteroatoms. The van der Waals surface area contributed by atoms with E-state index < -0.39 is 0 Å². The second kappa shape index (κ2) is 6.32.